The summed E-state index contributed by atoms with van der Waals surface area (Å²) in [4.78, 5) is 23.8. The van der Waals surface area contributed by atoms with Gasteiger partial charge in [0.25, 0.3) is 0 Å². The van der Waals surface area contributed by atoms with E-state index in [1.165, 1.54) is 31.5 Å². The Hall–Kier alpha value is -3.65. The van der Waals surface area contributed by atoms with Gasteiger partial charge in [0.05, 0.1) is 6.61 Å². The lowest BCUT2D eigenvalue weighted by molar-refractivity contribution is 0.0524. The van der Waals surface area contributed by atoms with Gasteiger partial charge in [-0.15, -0.1) is 0 Å². The third kappa shape index (κ3) is 4.79. The number of nitrogens with one attached hydrogen (secondary N) is 1. The lowest BCUT2D eigenvalue weighted by Gasteiger charge is -2.23. The van der Waals surface area contributed by atoms with Crippen molar-refractivity contribution in [3.63, 3.8) is 0 Å². The summed E-state index contributed by atoms with van der Waals surface area (Å²) in [6, 6.07) is 3.72. The highest BCUT2D eigenvalue weighted by molar-refractivity contribution is 6.21. The molecule has 8 heteroatoms. The average molecular weight is 475 g/mol. The molecule has 2 N–H and O–H groups in total. The van der Waals surface area contributed by atoms with Crippen LogP contribution >= 0.6 is 0 Å². The van der Waals surface area contributed by atoms with Crippen LogP contribution in [-0.2, 0) is 4.74 Å². The Morgan fingerprint density at radius 3 is 2.91 bits per heavy atom. The summed E-state index contributed by atoms with van der Waals surface area (Å²) in [5.74, 6) is 0.0482. The monoisotopic (exact) mass is 474 g/mol. The third-order valence-electron chi connectivity index (χ3n) is 6.58. The summed E-state index contributed by atoms with van der Waals surface area (Å²) in [5, 5.41) is 14.2. The number of esters is 1. The number of allylic oxidation sites excluding steroid dienone is 4. The second kappa shape index (κ2) is 9.92. The Bertz CT molecular complexity index is 1260. The second-order valence-electron chi connectivity index (χ2n) is 9.04. The maximum Gasteiger partial charge on any atom is 0.347 e. The molecule has 2 aliphatic heterocycles. The molecule has 2 aromatic rings. The van der Waals surface area contributed by atoms with Gasteiger partial charge in [-0.05, 0) is 76.4 Å². The van der Waals surface area contributed by atoms with Crippen LogP contribution in [0, 0.1) is 0 Å². The van der Waals surface area contributed by atoms with Crippen molar-refractivity contribution in [1.29, 1.82) is 0 Å². The number of aromatic hydroxyl groups is 1. The Balaban J connectivity index is 1.45. The molecule has 5 rings (SSSR count). The zero-order valence-corrected chi connectivity index (χ0v) is 20.1. The Morgan fingerprint density at radius 1 is 1.31 bits per heavy atom. The van der Waals surface area contributed by atoms with Gasteiger partial charge in [-0.25, -0.2) is 14.8 Å². The van der Waals surface area contributed by atoms with Gasteiger partial charge in [0, 0.05) is 35.8 Å². The van der Waals surface area contributed by atoms with Crippen LogP contribution in [-0.4, -0.2) is 53.4 Å². The number of ether oxygens (including phenoxy) is 1. The smallest absolute Gasteiger partial charge is 0.347 e. The molecule has 8 nitrogen and oxygen atoms in total. The van der Waals surface area contributed by atoms with Gasteiger partial charge in [-0.3, -0.25) is 4.90 Å². The number of hydrogen-bond donors (Lipinski definition) is 2. The van der Waals surface area contributed by atoms with E-state index in [2.05, 4.69) is 33.2 Å². The molecule has 1 fully saturated rings. The van der Waals surface area contributed by atoms with Gasteiger partial charge in [0.2, 0.25) is 5.88 Å². The number of pyridine rings is 1. The van der Waals surface area contributed by atoms with Crippen molar-refractivity contribution in [2.75, 3.05) is 31.6 Å². The summed E-state index contributed by atoms with van der Waals surface area (Å²) in [7, 11) is 0. The molecular formula is C27H30N4O4. The fourth-order valence-electron chi connectivity index (χ4n) is 4.80. The van der Waals surface area contributed by atoms with Crippen molar-refractivity contribution >= 4 is 35.5 Å². The van der Waals surface area contributed by atoms with Crippen molar-refractivity contribution in [3.8, 4) is 5.75 Å². The number of aliphatic imine (C=N–C) groups is 1. The minimum absolute atomic E-state index is 0.00723. The first kappa shape index (κ1) is 23.1. The second-order valence-corrected chi connectivity index (χ2v) is 9.04. The normalized spacial score (nSPS) is 18.8. The first-order chi connectivity index (χ1) is 17.0. The Morgan fingerprint density at radius 2 is 2.14 bits per heavy atom. The molecule has 0 atom stereocenters. The first-order valence-corrected chi connectivity index (χ1v) is 12.2. The number of carbonyl (C=O) groups is 1. The summed E-state index contributed by atoms with van der Waals surface area (Å²) in [6.45, 7) is 7.32. The van der Waals surface area contributed by atoms with Crippen LogP contribution < -0.4 is 5.32 Å². The highest BCUT2D eigenvalue weighted by Crippen LogP contribution is 2.39. The van der Waals surface area contributed by atoms with Gasteiger partial charge < -0.3 is 19.6 Å². The van der Waals surface area contributed by atoms with Crippen LogP contribution in [0.4, 0.5) is 11.7 Å². The van der Waals surface area contributed by atoms with Crippen LogP contribution in [0.25, 0.3) is 11.6 Å². The van der Waals surface area contributed by atoms with E-state index in [9.17, 15) is 9.90 Å². The number of hydrogen-bond acceptors (Lipinski definition) is 8. The molecule has 2 aromatic heterocycles. The lowest BCUT2D eigenvalue weighted by atomic mass is 9.96. The minimum Gasteiger partial charge on any atom is -0.504 e. The predicted molar refractivity (Wildman–Crippen MR) is 136 cm³/mol. The molecular weight excluding hydrogens is 444 g/mol. The number of fused-ring (bicyclic) bond motifs is 1. The molecule has 0 spiro atoms. The van der Waals surface area contributed by atoms with E-state index in [0.717, 1.165) is 41.8 Å². The van der Waals surface area contributed by atoms with Gasteiger partial charge in [0.1, 0.15) is 0 Å². The Labute approximate surface area is 204 Å². The van der Waals surface area contributed by atoms with Crippen LogP contribution in [0.15, 0.2) is 50.7 Å². The summed E-state index contributed by atoms with van der Waals surface area (Å²) in [5.41, 5.74) is 5.04. The van der Waals surface area contributed by atoms with E-state index >= 15 is 0 Å². The van der Waals surface area contributed by atoms with Gasteiger partial charge in [-0.2, -0.15) is 0 Å². The average Bonchev–Trinajstić information content (AvgIpc) is 3.57. The number of likely N-dealkylation sites (tertiary alicyclic amines) is 1. The van der Waals surface area contributed by atoms with Crippen LogP contribution in [0.1, 0.15) is 61.2 Å². The SMILES string of the molecule is CCOC(=O)c1c(NC2=C(C)C=C(CN3CCCC3)CC2)oc(C=C2C=Nc3ncccc32)c1O. The van der Waals surface area contributed by atoms with Crippen molar-refractivity contribution in [2.24, 2.45) is 4.99 Å². The number of furan rings is 1. The summed E-state index contributed by atoms with van der Waals surface area (Å²) >= 11 is 0. The number of anilines is 1. The molecule has 0 bridgehead atoms. The molecule has 0 radical (unpaired) electrons. The standard InChI is InChI=1S/C27H30N4O4/c1-3-34-27(33)23-24(32)22(14-19-15-29-25-20(19)7-6-10-28-25)35-26(23)30-21-9-8-18(13-17(21)2)16-31-11-4-5-12-31/h6-7,10,13-15,30,32H,3-5,8-9,11-12,16H2,1-2H3. The summed E-state index contributed by atoms with van der Waals surface area (Å²) in [6.07, 6.45) is 11.5. The van der Waals surface area contributed by atoms with E-state index in [0.29, 0.717) is 5.82 Å². The van der Waals surface area contributed by atoms with Crippen LogP contribution in [0.2, 0.25) is 0 Å². The fourth-order valence-corrected chi connectivity index (χ4v) is 4.80. The van der Waals surface area contributed by atoms with Gasteiger partial charge >= 0.3 is 5.97 Å². The molecule has 182 valence electrons. The minimum atomic E-state index is -0.637. The van der Waals surface area contributed by atoms with E-state index in [1.54, 1.807) is 25.4 Å². The number of aromatic nitrogens is 1. The largest absolute Gasteiger partial charge is 0.504 e. The molecule has 0 aromatic carbocycles. The molecule has 0 amide bonds. The lowest BCUT2D eigenvalue weighted by Crippen LogP contribution is -2.23. The van der Waals surface area contributed by atoms with E-state index in [1.807, 2.05) is 12.1 Å². The van der Waals surface area contributed by atoms with Crippen LogP contribution in [0.5, 0.6) is 5.75 Å². The molecule has 0 unspecified atom stereocenters. The van der Waals surface area contributed by atoms with Crippen molar-refractivity contribution in [1.82, 2.24) is 9.88 Å². The predicted octanol–water partition coefficient (Wildman–Crippen LogP) is 5.32. The van der Waals surface area contributed by atoms with Crippen LogP contribution in [0.3, 0.4) is 0 Å². The fraction of sp³-hybridized carbons (Fsp3) is 0.370. The third-order valence-corrected chi connectivity index (χ3v) is 6.58. The maximum absolute atomic E-state index is 12.7. The molecule has 0 saturated carbocycles. The quantitative estimate of drug-likeness (QED) is 0.524. The highest BCUT2D eigenvalue weighted by Gasteiger charge is 2.28. The summed E-state index contributed by atoms with van der Waals surface area (Å²) < 4.78 is 11.2. The molecule has 35 heavy (non-hydrogen) atoms. The number of nitrogens with zero attached hydrogens (tertiary/aromatic N) is 3. The molecule has 1 saturated heterocycles. The highest BCUT2D eigenvalue weighted by atomic mass is 16.5. The molecule has 1 aliphatic carbocycles. The van der Waals surface area contributed by atoms with Gasteiger partial charge in [-0.1, -0.05) is 11.6 Å². The number of rotatable bonds is 7. The van der Waals surface area contributed by atoms with Gasteiger partial charge in [0.15, 0.2) is 22.9 Å². The Kier molecular flexibility index (Phi) is 6.55. The van der Waals surface area contributed by atoms with E-state index < -0.39 is 5.97 Å². The van der Waals surface area contributed by atoms with E-state index in [4.69, 9.17) is 9.15 Å². The van der Waals surface area contributed by atoms with E-state index in [-0.39, 0.29) is 29.6 Å². The molecule has 4 heterocycles. The maximum atomic E-state index is 12.7. The zero-order valence-electron chi connectivity index (χ0n) is 20.1. The zero-order chi connectivity index (χ0) is 24.4. The number of carbonyl (C=O) groups excluding carboxylic acids is 1. The molecule has 3 aliphatic rings. The van der Waals surface area contributed by atoms with Crippen molar-refractivity contribution in [3.05, 3.63) is 58.1 Å². The van der Waals surface area contributed by atoms with Crippen molar-refractivity contribution in [2.45, 2.75) is 39.5 Å². The first-order valence-electron chi connectivity index (χ1n) is 12.2. The van der Waals surface area contributed by atoms with Crippen molar-refractivity contribution < 1.29 is 19.1 Å². The topological polar surface area (TPSA) is 100 Å².